The van der Waals surface area contributed by atoms with Gasteiger partial charge < -0.3 is 19.3 Å². The van der Waals surface area contributed by atoms with Gasteiger partial charge in [0.05, 0.1) is 19.1 Å². The van der Waals surface area contributed by atoms with Crippen molar-refractivity contribution < 1.29 is 19.1 Å². The van der Waals surface area contributed by atoms with E-state index in [0.717, 1.165) is 47.3 Å². The van der Waals surface area contributed by atoms with Crippen LogP contribution in [0.3, 0.4) is 0 Å². The van der Waals surface area contributed by atoms with Crippen LogP contribution in [0.15, 0.2) is 61.2 Å². The first-order valence-corrected chi connectivity index (χ1v) is 13.3. The molecular weight excluding hydrogens is 480 g/mol. The van der Waals surface area contributed by atoms with Crippen LogP contribution in [-0.4, -0.2) is 77.6 Å². The summed E-state index contributed by atoms with van der Waals surface area (Å²) >= 11 is 0. The van der Waals surface area contributed by atoms with Gasteiger partial charge in [0.1, 0.15) is 18.7 Å². The van der Waals surface area contributed by atoms with Crippen LogP contribution >= 0.6 is 0 Å². The summed E-state index contributed by atoms with van der Waals surface area (Å²) in [6.07, 6.45) is 9.06. The van der Waals surface area contributed by atoms with Crippen LogP contribution in [0.25, 0.3) is 11.1 Å². The predicted octanol–water partition coefficient (Wildman–Crippen LogP) is 3.99. The number of hydrogen-bond donors (Lipinski definition) is 0. The maximum Gasteiger partial charge on any atom is 0.253 e. The first-order valence-electron chi connectivity index (χ1n) is 13.3. The number of benzene rings is 2. The van der Waals surface area contributed by atoms with Gasteiger partial charge in [0.2, 0.25) is 5.91 Å². The third-order valence-corrected chi connectivity index (χ3v) is 7.22. The minimum Gasteiger partial charge on any atom is -0.491 e. The first kappa shape index (κ1) is 25.9. The third-order valence-electron chi connectivity index (χ3n) is 7.22. The molecule has 2 amide bonds. The number of fused-ring (bicyclic) bond motifs is 3. The van der Waals surface area contributed by atoms with E-state index < -0.39 is 0 Å². The summed E-state index contributed by atoms with van der Waals surface area (Å²) in [4.78, 5) is 38.3. The molecule has 2 aromatic carbocycles. The molecular formula is C30H34N4O4. The van der Waals surface area contributed by atoms with Gasteiger partial charge in [-0.3, -0.25) is 9.59 Å². The molecule has 0 saturated carbocycles. The van der Waals surface area contributed by atoms with Gasteiger partial charge in [0.15, 0.2) is 0 Å². The van der Waals surface area contributed by atoms with Crippen LogP contribution in [0.2, 0.25) is 0 Å². The monoisotopic (exact) mass is 514 g/mol. The smallest absolute Gasteiger partial charge is 0.253 e. The molecule has 3 heterocycles. The van der Waals surface area contributed by atoms with E-state index in [1.165, 1.54) is 6.33 Å². The summed E-state index contributed by atoms with van der Waals surface area (Å²) < 4.78 is 12.1. The summed E-state index contributed by atoms with van der Waals surface area (Å²) in [5, 5.41) is 0. The van der Waals surface area contributed by atoms with E-state index in [1.54, 1.807) is 29.2 Å². The second-order valence-electron chi connectivity index (χ2n) is 9.98. The molecule has 1 aromatic heterocycles. The number of carbonyl (C=O) groups is 2. The molecule has 0 spiro atoms. The highest BCUT2D eigenvalue weighted by Crippen LogP contribution is 2.29. The average Bonchev–Trinajstić information content (AvgIpc) is 2.95. The molecule has 198 valence electrons. The van der Waals surface area contributed by atoms with Gasteiger partial charge in [-0.1, -0.05) is 18.2 Å². The van der Waals surface area contributed by atoms with Crippen molar-refractivity contribution in [2.45, 2.75) is 38.2 Å². The summed E-state index contributed by atoms with van der Waals surface area (Å²) in [5.41, 5.74) is 4.56. The topological polar surface area (TPSA) is 84.9 Å². The first-order chi connectivity index (χ1) is 18.6. The Hall–Kier alpha value is -3.78. The van der Waals surface area contributed by atoms with Gasteiger partial charge in [-0.05, 0) is 60.2 Å². The number of likely N-dealkylation sites (N-methyl/N-ethyl adjacent to an activating group) is 1. The average molecular weight is 515 g/mol. The van der Waals surface area contributed by atoms with Crippen LogP contribution in [0.5, 0.6) is 5.75 Å². The van der Waals surface area contributed by atoms with Crippen molar-refractivity contribution in [3.05, 3.63) is 77.9 Å². The second kappa shape index (κ2) is 12.2. The molecule has 0 aliphatic carbocycles. The van der Waals surface area contributed by atoms with Gasteiger partial charge in [-0.25, -0.2) is 9.97 Å². The zero-order valence-electron chi connectivity index (χ0n) is 21.8. The maximum atomic E-state index is 13.3. The molecule has 1 unspecified atom stereocenters. The number of aromatic nitrogens is 2. The third kappa shape index (κ3) is 6.37. The van der Waals surface area contributed by atoms with E-state index in [-0.39, 0.29) is 17.9 Å². The molecule has 38 heavy (non-hydrogen) atoms. The van der Waals surface area contributed by atoms with Gasteiger partial charge >= 0.3 is 0 Å². The Bertz CT molecular complexity index is 1260. The highest BCUT2D eigenvalue weighted by atomic mass is 16.5. The van der Waals surface area contributed by atoms with Crippen LogP contribution in [0.1, 0.15) is 47.2 Å². The standard InChI is InChI=1S/C30H34N4O4/c1-33-10-11-34(29(35)18-27-7-2-3-13-37-27)12-14-38-28-9-8-23(26-19-31-21-32-20-26)17-25(28)16-22-5-4-6-24(15-22)30(33)36/h4-6,8-9,15,17,19-21,27H,2-3,7,10-14,16,18H2,1H3. The highest BCUT2D eigenvalue weighted by molar-refractivity contribution is 5.94. The van der Waals surface area contributed by atoms with Gasteiger partial charge in [-0.2, -0.15) is 0 Å². The highest BCUT2D eigenvalue weighted by Gasteiger charge is 2.23. The maximum absolute atomic E-state index is 13.3. The fourth-order valence-electron chi connectivity index (χ4n) is 5.03. The molecule has 1 atom stereocenters. The minimum absolute atomic E-state index is 0.0338. The molecule has 1 saturated heterocycles. The number of ether oxygens (including phenoxy) is 2. The molecule has 2 bridgehead atoms. The van der Waals surface area contributed by atoms with Crippen LogP contribution in [0, 0.1) is 0 Å². The molecule has 1 fully saturated rings. The van der Waals surface area contributed by atoms with E-state index in [9.17, 15) is 9.59 Å². The van der Waals surface area contributed by atoms with E-state index in [0.29, 0.717) is 51.3 Å². The minimum atomic E-state index is -0.0569. The number of rotatable bonds is 3. The molecule has 2 aliphatic heterocycles. The van der Waals surface area contributed by atoms with Crippen molar-refractivity contribution in [1.29, 1.82) is 0 Å². The normalized spacial score (nSPS) is 18.8. The number of carbonyl (C=O) groups excluding carboxylic acids is 2. The Labute approximate surface area is 223 Å². The molecule has 5 rings (SSSR count). The lowest BCUT2D eigenvalue weighted by Crippen LogP contribution is -2.42. The zero-order chi connectivity index (χ0) is 26.3. The largest absolute Gasteiger partial charge is 0.491 e. The predicted molar refractivity (Wildman–Crippen MR) is 144 cm³/mol. The van der Waals surface area contributed by atoms with Crippen molar-refractivity contribution in [1.82, 2.24) is 19.8 Å². The number of amides is 2. The zero-order valence-corrected chi connectivity index (χ0v) is 21.8. The van der Waals surface area contributed by atoms with E-state index in [1.807, 2.05) is 36.4 Å². The quantitative estimate of drug-likeness (QED) is 0.526. The van der Waals surface area contributed by atoms with E-state index >= 15 is 0 Å². The Balaban J connectivity index is 1.42. The molecule has 2 aliphatic rings. The number of nitrogens with zero attached hydrogens (tertiary/aromatic N) is 4. The van der Waals surface area contributed by atoms with Gasteiger partial charge in [0, 0.05) is 56.7 Å². The van der Waals surface area contributed by atoms with Crippen molar-refractivity contribution >= 4 is 11.8 Å². The summed E-state index contributed by atoms with van der Waals surface area (Å²) in [5.74, 6) is 0.744. The van der Waals surface area contributed by atoms with Gasteiger partial charge in [0.25, 0.3) is 5.91 Å². The van der Waals surface area contributed by atoms with Crippen LogP contribution in [0.4, 0.5) is 0 Å². The van der Waals surface area contributed by atoms with Crippen molar-refractivity contribution in [2.24, 2.45) is 0 Å². The SMILES string of the molecule is CN1CCN(C(=O)CC2CCCCO2)CCOc2ccc(-c3cncnc3)cc2Cc2cccc(c2)C1=O. The fraction of sp³-hybridized carbons (Fsp3) is 0.400. The molecule has 0 radical (unpaired) electrons. The summed E-state index contributed by atoms with van der Waals surface area (Å²) in [7, 11) is 1.79. The fourth-order valence-corrected chi connectivity index (χ4v) is 5.03. The summed E-state index contributed by atoms with van der Waals surface area (Å²) in [6, 6.07) is 13.8. The molecule has 8 heteroatoms. The van der Waals surface area contributed by atoms with E-state index in [4.69, 9.17) is 9.47 Å². The van der Waals surface area contributed by atoms with E-state index in [2.05, 4.69) is 16.0 Å². The Morgan fingerprint density at radius 2 is 1.84 bits per heavy atom. The second-order valence-corrected chi connectivity index (χ2v) is 9.98. The van der Waals surface area contributed by atoms with Gasteiger partial charge in [-0.15, -0.1) is 0 Å². The van der Waals surface area contributed by atoms with Crippen molar-refractivity contribution in [2.75, 3.05) is 39.9 Å². The Morgan fingerprint density at radius 3 is 2.66 bits per heavy atom. The summed E-state index contributed by atoms with van der Waals surface area (Å²) in [6.45, 7) is 2.39. The Morgan fingerprint density at radius 1 is 0.974 bits per heavy atom. The molecule has 3 aromatic rings. The molecule has 0 N–H and O–H groups in total. The lowest BCUT2D eigenvalue weighted by Gasteiger charge is -2.29. The van der Waals surface area contributed by atoms with Crippen molar-refractivity contribution in [3.8, 4) is 16.9 Å². The lowest BCUT2D eigenvalue weighted by molar-refractivity contribution is -0.135. The van der Waals surface area contributed by atoms with Crippen LogP contribution < -0.4 is 4.74 Å². The number of hydrogen-bond acceptors (Lipinski definition) is 6. The van der Waals surface area contributed by atoms with Crippen molar-refractivity contribution in [3.63, 3.8) is 0 Å². The van der Waals surface area contributed by atoms with Crippen LogP contribution in [-0.2, 0) is 16.0 Å². The lowest BCUT2D eigenvalue weighted by atomic mass is 9.98. The molecule has 8 nitrogen and oxygen atoms in total. The Kier molecular flexibility index (Phi) is 8.28.